The first kappa shape index (κ1) is 17.3. The Morgan fingerprint density at radius 3 is 1.90 bits per heavy atom. The van der Waals surface area contributed by atoms with E-state index in [1.54, 1.807) is 38.5 Å². The first-order valence-corrected chi connectivity index (χ1v) is 8.55. The van der Waals surface area contributed by atoms with E-state index in [1.165, 1.54) is 38.5 Å². The first-order chi connectivity index (χ1) is 9.63. The van der Waals surface area contributed by atoms with E-state index in [0.717, 1.165) is 17.8 Å². The van der Waals surface area contributed by atoms with Crippen molar-refractivity contribution in [2.75, 3.05) is 0 Å². The number of carboxylic acid groups (broad SMARTS) is 2. The summed E-state index contributed by atoms with van der Waals surface area (Å²) < 4.78 is 0. The van der Waals surface area contributed by atoms with E-state index in [9.17, 15) is 0 Å². The molecule has 0 aliphatic heterocycles. The molecule has 0 bridgehead atoms. The second kappa shape index (κ2) is 10.1. The molecule has 2 aliphatic rings. The van der Waals surface area contributed by atoms with Gasteiger partial charge in [0.1, 0.15) is 0 Å². The van der Waals surface area contributed by atoms with Crippen molar-refractivity contribution in [3.05, 3.63) is 0 Å². The van der Waals surface area contributed by atoms with E-state index in [0.29, 0.717) is 0 Å². The van der Waals surface area contributed by atoms with Gasteiger partial charge in [-0.1, -0.05) is 71.1 Å². The summed E-state index contributed by atoms with van der Waals surface area (Å²) in [7, 11) is 0. The fourth-order valence-electron chi connectivity index (χ4n) is 4.05. The third kappa shape index (κ3) is 7.16. The molecular formula is C17H32O3. The molecule has 118 valence electrons. The Bertz CT molecular complexity index is 247. The molecule has 2 fully saturated rings. The maximum atomic E-state index is 8.56. The van der Waals surface area contributed by atoms with Crippen LogP contribution in [0.2, 0.25) is 0 Å². The molecule has 3 nitrogen and oxygen atoms in total. The van der Waals surface area contributed by atoms with Gasteiger partial charge >= 0.3 is 6.16 Å². The molecule has 0 aromatic carbocycles. The maximum Gasteiger partial charge on any atom is 0.503 e. The molecule has 2 aliphatic carbocycles. The highest BCUT2D eigenvalue weighted by molar-refractivity contribution is 5.53. The minimum absolute atomic E-state index is 1.10. The molecule has 0 heterocycles. The van der Waals surface area contributed by atoms with Gasteiger partial charge in [0.15, 0.2) is 0 Å². The zero-order chi connectivity index (χ0) is 14.8. The summed E-state index contributed by atoms with van der Waals surface area (Å²) in [4.78, 5) is 8.56. The third-order valence-corrected chi connectivity index (χ3v) is 5.17. The van der Waals surface area contributed by atoms with Crippen LogP contribution in [-0.2, 0) is 0 Å². The second-order valence-corrected chi connectivity index (χ2v) is 6.60. The molecule has 0 radical (unpaired) electrons. The molecule has 0 amide bonds. The fraction of sp³-hybridized carbons (Fsp3) is 0.941. The van der Waals surface area contributed by atoms with Crippen molar-refractivity contribution in [3.63, 3.8) is 0 Å². The van der Waals surface area contributed by atoms with E-state index in [-0.39, 0.29) is 0 Å². The van der Waals surface area contributed by atoms with Gasteiger partial charge in [-0.3, -0.25) is 0 Å². The summed E-state index contributed by atoms with van der Waals surface area (Å²) in [5, 5.41) is 13.9. The number of rotatable bonds is 4. The Balaban J connectivity index is 0.000000444. The summed E-state index contributed by atoms with van der Waals surface area (Å²) in [6.07, 6.45) is 16.5. The van der Waals surface area contributed by atoms with Crippen LogP contribution in [0.25, 0.3) is 0 Å². The van der Waals surface area contributed by atoms with Gasteiger partial charge in [0.25, 0.3) is 0 Å². The highest BCUT2D eigenvalue weighted by Crippen LogP contribution is 2.40. The monoisotopic (exact) mass is 284 g/mol. The highest BCUT2D eigenvalue weighted by atomic mass is 16.6. The van der Waals surface area contributed by atoms with E-state index in [2.05, 4.69) is 6.92 Å². The van der Waals surface area contributed by atoms with Crippen LogP contribution in [-0.4, -0.2) is 16.4 Å². The molecule has 0 aromatic heterocycles. The summed E-state index contributed by atoms with van der Waals surface area (Å²) in [6.45, 7) is 2.33. The fourth-order valence-corrected chi connectivity index (χ4v) is 4.05. The van der Waals surface area contributed by atoms with Crippen LogP contribution in [0.15, 0.2) is 0 Å². The van der Waals surface area contributed by atoms with E-state index < -0.39 is 6.16 Å². The summed E-state index contributed by atoms with van der Waals surface area (Å²) in [6, 6.07) is 0. The topological polar surface area (TPSA) is 57.5 Å². The van der Waals surface area contributed by atoms with Crippen molar-refractivity contribution >= 4 is 6.16 Å². The van der Waals surface area contributed by atoms with Crippen LogP contribution >= 0.6 is 0 Å². The smallest absolute Gasteiger partial charge is 0.450 e. The molecule has 3 heteroatoms. The Morgan fingerprint density at radius 1 is 0.900 bits per heavy atom. The van der Waals surface area contributed by atoms with Crippen LogP contribution in [0.5, 0.6) is 0 Å². The summed E-state index contributed by atoms with van der Waals surface area (Å²) in [5.41, 5.74) is 0. The van der Waals surface area contributed by atoms with Gasteiger partial charge < -0.3 is 10.2 Å². The standard InChI is InChI=1S/C16H30.CH2O3/c1-2-3-7-14-10-12-16(13-11-14)15-8-5-4-6-9-15;2-1(3)4/h14-16H,2-13H2,1H3;(H2,2,3,4)/t14-,16-;. The Labute approximate surface area is 123 Å². The normalized spacial score (nSPS) is 27.4. The van der Waals surface area contributed by atoms with Gasteiger partial charge in [-0.2, -0.15) is 0 Å². The van der Waals surface area contributed by atoms with Gasteiger partial charge in [0, 0.05) is 0 Å². The lowest BCUT2D eigenvalue weighted by Gasteiger charge is -2.35. The zero-order valence-corrected chi connectivity index (χ0v) is 13.0. The van der Waals surface area contributed by atoms with Crippen molar-refractivity contribution in [2.24, 2.45) is 17.8 Å². The Hall–Kier alpha value is -0.730. The average molecular weight is 284 g/mol. The van der Waals surface area contributed by atoms with Gasteiger partial charge in [0.2, 0.25) is 0 Å². The summed E-state index contributed by atoms with van der Waals surface area (Å²) >= 11 is 0. The van der Waals surface area contributed by atoms with Crippen molar-refractivity contribution in [2.45, 2.75) is 84.0 Å². The van der Waals surface area contributed by atoms with Crippen LogP contribution in [0.1, 0.15) is 84.0 Å². The molecule has 0 atom stereocenters. The number of hydrogen-bond donors (Lipinski definition) is 2. The minimum atomic E-state index is -1.83. The second-order valence-electron chi connectivity index (χ2n) is 6.60. The highest BCUT2D eigenvalue weighted by Gasteiger charge is 2.27. The number of unbranched alkanes of at least 4 members (excludes halogenated alkanes) is 1. The van der Waals surface area contributed by atoms with Crippen LogP contribution in [0.3, 0.4) is 0 Å². The number of hydrogen-bond acceptors (Lipinski definition) is 1. The van der Waals surface area contributed by atoms with Crippen molar-refractivity contribution in [1.82, 2.24) is 0 Å². The molecule has 0 spiro atoms. The lowest BCUT2D eigenvalue weighted by atomic mass is 9.70. The molecule has 2 N–H and O–H groups in total. The van der Waals surface area contributed by atoms with Crippen LogP contribution in [0, 0.1) is 17.8 Å². The number of carbonyl (C=O) groups is 1. The summed E-state index contributed by atoms with van der Waals surface area (Å²) in [5.74, 6) is 3.35. The van der Waals surface area contributed by atoms with Crippen molar-refractivity contribution in [3.8, 4) is 0 Å². The van der Waals surface area contributed by atoms with Crippen molar-refractivity contribution in [1.29, 1.82) is 0 Å². The molecule has 0 aromatic rings. The van der Waals surface area contributed by atoms with E-state index >= 15 is 0 Å². The third-order valence-electron chi connectivity index (χ3n) is 5.17. The first-order valence-electron chi connectivity index (χ1n) is 8.55. The van der Waals surface area contributed by atoms with E-state index in [1.807, 2.05) is 0 Å². The van der Waals surface area contributed by atoms with Crippen molar-refractivity contribution < 1.29 is 15.0 Å². The van der Waals surface area contributed by atoms with Gasteiger partial charge in [-0.05, 0) is 30.6 Å². The SMILES string of the molecule is CCCC[C@H]1CC[C@H](C2CCCCC2)CC1.O=C(O)O. The molecule has 2 saturated carbocycles. The van der Waals surface area contributed by atoms with Gasteiger partial charge in [-0.15, -0.1) is 0 Å². The molecule has 2 rings (SSSR count). The van der Waals surface area contributed by atoms with Gasteiger partial charge in [0.05, 0.1) is 0 Å². The largest absolute Gasteiger partial charge is 0.503 e. The maximum absolute atomic E-state index is 8.56. The predicted molar refractivity (Wildman–Crippen MR) is 82.2 cm³/mol. The van der Waals surface area contributed by atoms with Gasteiger partial charge in [-0.25, -0.2) is 4.79 Å². The molecule has 20 heavy (non-hydrogen) atoms. The Morgan fingerprint density at radius 2 is 1.40 bits per heavy atom. The molecular weight excluding hydrogens is 252 g/mol. The predicted octanol–water partition coefficient (Wildman–Crippen LogP) is 5.79. The zero-order valence-electron chi connectivity index (χ0n) is 13.0. The Kier molecular flexibility index (Phi) is 8.72. The molecule has 0 saturated heterocycles. The van der Waals surface area contributed by atoms with Crippen LogP contribution < -0.4 is 0 Å². The lowest BCUT2D eigenvalue weighted by molar-refractivity contribution is 0.137. The van der Waals surface area contributed by atoms with Crippen LogP contribution in [0.4, 0.5) is 4.79 Å². The minimum Gasteiger partial charge on any atom is -0.450 e. The quantitative estimate of drug-likeness (QED) is 0.687. The molecule has 0 unspecified atom stereocenters. The lowest BCUT2D eigenvalue weighted by Crippen LogP contribution is -2.23. The van der Waals surface area contributed by atoms with E-state index in [4.69, 9.17) is 15.0 Å². The average Bonchev–Trinajstić information content (AvgIpc) is 2.46.